The summed E-state index contributed by atoms with van der Waals surface area (Å²) >= 11 is 0. The summed E-state index contributed by atoms with van der Waals surface area (Å²) in [5.41, 5.74) is 2.12. The van der Waals surface area contributed by atoms with Crippen molar-refractivity contribution in [3.05, 3.63) is 24.2 Å². The van der Waals surface area contributed by atoms with Crippen molar-refractivity contribution < 1.29 is 0 Å². The Labute approximate surface area is 120 Å². The summed E-state index contributed by atoms with van der Waals surface area (Å²) in [5.74, 6) is 1.77. The maximum Gasteiger partial charge on any atom is 0.152 e. The summed E-state index contributed by atoms with van der Waals surface area (Å²) in [6, 6.07) is 2.63. The lowest BCUT2D eigenvalue weighted by Gasteiger charge is -2.30. The molecule has 2 aromatic heterocycles. The lowest BCUT2D eigenvalue weighted by molar-refractivity contribution is 0.312. The molecule has 1 unspecified atom stereocenters. The Morgan fingerprint density at radius 1 is 1.35 bits per heavy atom. The van der Waals surface area contributed by atoms with Crippen molar-refractivity contribution in [2.45, 2.75) is 58.4 Å². The maximum atomic E-state index is 4.53. The highest BCUT2D eigenvalue weighted by Gasteiger charge is 2.23. The van der Waals surface area contributed by atoms with Gasteiger partial charge in [-0.2, -0.15) is 5.10 Å². The van der Waals surface area contributed by atoms with Crippen molar-refractivity contribution in [3.8, 4) is 0 Å². The van der Waals surface area contributed by atoms with Crippen LogP contribution in [0.3, 0.4) is 0 Å². The van der Waals surface area contributed by atoms with Crippen molar-refractivity contribution in [1.29, 1.82) is 0 Å². The van der Waals surface area contributed by atoms with Crippen molar-refractivity contribution >= 4 is 11.3 Å². The first-order valence-electron chi connectivity index (χ1n) is 7.85. The second-order valence-corrected chi connectivity index (χ2v) is 5.95. The van der Waals surface area contributed by atoms with E-state index in [4.69, 9.17) is 0 Å². The highest BCUT2D eigenvalue weighted by Crippen LogP contribution is 2.30. The van der Waals surface area contributed by atoms with Gasteiger partial charge in [-0.3, -0.25) is 0 Å². The molecule has 108 valence electrons. The zero-order valence-corrected chi connectivity index (χ0v) is 12.5. The molecule has 4 heteroatoms. The molecule has 0 amide bonds. The van der Waals surface area contributed by atoms with Crippen LogP contribution in [0.4, 0.5) is 5.82 Å². The predicted molar refractivity (Wildman–Crippen MR) is 82.0 cm³/mol. The first kappa shape index (κ1) is 13.4. The molecule has 0 spiro atoms. The molecular formula is C16H24N4. The van der Waals surface area contributed by atoms with Gasteiger partial charge < -0.3 is 5.32 Å². The number of rotatable bonds is 4. The molecule has 1 fully saturated rings. The average Bonchev–Trinajstić information content (AvgIpc) is 2.86. The quantitative estimate of drug-likeness (QED) is 0.920. The second-order valence-electron chi connectivity index (χ2n) is 5.95. The zero-order chi connectivity index (χ0) is 13.9. The number of hydrogen-bond acceptors (Lipinski definition) is 3. The Bertz CT molecular complexity index is 569. The summed E-state index contributed by atoms with van der Waals surface area (Å²) in [7, 11) is 0. The molecule has 4 nitrogen and oxygen atoms in total. The summed E-state index contributed by atoms with van der Waals surface area (Å²) in [6.07, 6.45) is 11.8. The van der Waals surface area contributed by atoms with E-state index >= 15 is 0 Å². The normalized spacial score (nSPS) is 18.3. The third-order valence-corrected chi connectivity index (χ3v) is 4.49. The Hall–Kier alpha value is -1.58. The Kier molecular flexibility index (Phi) is 3.90. The summed E-state index contributed by atoms with van der Waals surface area (Å²) in [5, 5.41) is 8.14. The number of aromatic nitrogens is 3. The van der Waals surface area contributed by atoms with Crippen LogP contribution in [0.2, 0.25) is 0 Å². The van der Waals surface area contributed by atoms with E-state index in [1.807, 2.05) is 23.8 Å². The lowest BCUT2D eigenvalue weighted by Crippen LogP contribution is -2.30. The van der Waals surface area contributed by atoms with Crippen LogP contribution in [0.25, 0.3) is 5.52 Å². The van der Waals surface area contributed by atoms with E-state index < -0.39 is 0 Å². The molecule has 20 heavy (non-hydrogen) atoms. The van der Waals surface area contributed by atoms with Gasteiger partial charge in [0.15, 0.2) is 5.82 Å². The topological polar surface area (TPSA) is 42.2 Å². The molecule has 1 aliphatic carbocycles. The van der Waals surface area contributed by atoms with Crippen LogP contribution >= 0.6 is 0 Å². The van der Waals surface area contributed by atoms with Crippen LogP contribution in [0, 0.1) is 12.8 Å². The third-order valence-electron chi connectivity index (χ3n) is 4.49. The van der Waals surface area contributed by atoms with E-state index in [2.05, 4.69) is 28.4 Å². The van der Waals surface area contributed by atoms with Gasteiger partial charge in [0.05, 0.1) is 5.69 Å². The first-order valence-corrected chi connectivity index (χ1v) is 7.85. The molecule has 1 atom stereocenters. The van der Waals surface area contributed by atoms with Crippen LogP contribution in [-0.4, -0.2) is 20.6 Å². The lowest BCUT2D eigenvalue weighted by atomic mass is 9.83. The predicted octanol–water partition coefficient (Wildman–Crippen LogP) is 3.81. The molecule has 0 bridgehead atoms. The maximum absolute atomic E-state index is 4.53. The van der Waals surface area contributed by atoms with E-state index in [1.165, 1.54) is 32.1 Å². The number of anilines is 1. The van der Waals surface area contributed by atoms with Crippen LogP contribution < -0.4 is 5.32 Å². The standard InChI is InChI=1S/C16H24N4/c1-3-14(13-7-5-4-6-8-13)18-16-15-11-12(2)19-20(15)10-9-17-16/h9-11,13-14H,3-8H2,1-2H3,(H,17,18). The molecule has 0 aliphatic heterocycles. The highest BCUT2D eigenvalue weighted by molar-refractivity contribution is 5.68. The number of fused-ring (bicyclic) bond motifs is 1. The van der Waals surface area contributed by atoms with Crippen molar-refractivity contribution in [2.24, 2.45) is 5.92 Å². The van der Waals surface area contributed by atoms with Gasteiger partial charge in [0.2, 0.25) is 0 Å². The Morgan fingerprint density at radius 3 is 2.90 bits per heavy atom. The number of nitrogens with zero attached hydrogens (tertiary/aromatic N) is 3. The minimum absolute atomic E-state index is 0.532. The third kappa shape index (κ3) is 2.65. The monoisotopic (exact) mass is 272 g/mol. The largest absolute Gasteiger partial charge is 0.365 e. The molecule has 0 radical (unpaired) electrons. The molecular weight excluding hydrogens is 248 g/mol. The summed E-state index contributed by atoms with van der Waals surface area (Å²) in [4.78, 5) is 4.53. The van der Waals surface area contributed by atoms with Crippen LogP contribution in [0.5, 0.6) is 0 Å². The summed E-state index contributed by atoms with van der Waals surface area (Å²) in [6.45, 7) is 4.29. The minimum Gasteiger partial charge on any atom is -0.365 e. The van der Waals surface area contributed by atoms with Crippen LogP contribution in [0.1, 0.15) is 51.1 Å². The van der Waals surface area contributed by atoms with Gasteiger partial charge in [-0.15, -0.1) is 0 Å². The van der Waals surface area contributed by atoms with Gasteiger partial charge in [-0.25, -0.2) is 9.50 Å². The number of nitrogens with one attached hydrogen (secondary N) is 1. The van der Waals surface area contributed by atoms with E-state index in [1.54, 1.807) is 0 Å². The number of aryl methyl sites for hydroxylation is 1. The van der Waals surface area contributed by atoms with Gasteiger partial charge in [-0.05, 0) is 38.2 Å². The van der Waals surface area contributed by atoms with E-state index in [9.17, 15) is 0 Å². The molecule has 2 heterocycles. The molecule has 3 rings (SSSR count). The molecule has 1 saturated carbocycles. The van der Waals surface area contributed by atoms with Gasteiger partial charge >= 0.3 is 0 Å². The highest BCUT2D eigenvalue weighted by atomic mass is 15.2. The molecule has 1 aliphatic rings. The Balaban J connectivity index is 1.83. The first-order chi connectivity index (χ1) is 9.78. The van der Waals surface area contributed by atoms with E-state index in [-0.39, 0.29) is 0 Å². The van der Waals surface area contributed by atoms with Gasteiger partial charge in [0.25, 0.3) is 0 Å². The van der Waals surface area contributed by atoms with Crippen molar-refractivity contribution in [3.63, 3.8) is 0 Å². The van der Waals surface area contributed by atoms with Gasteiger partial charge in [-0.1, -0.05) is 26.2 Å². The molecule has 1 N–H and O–H groups in total. The van der Waals surface area contributed by atoms with Gasteiger partial charge in [0, 0.05) is 18.4 Å². The summed E-state index contributed by atoms with van der Waals surface area (Å²) < 4.78 is 1.91. The van der Waals surface area contributed by atoms with Crippen LogP contribution in [-0.2, 0) is 0 Å². The van der Waals surface area contributed by atoms with Crippen molar-refractivity contribution in [2.75, 3.05) is 5.32 Å². The number of hydrogen-bond donors (Lipinski definition) is 1. The minimum atomic E-state index is 0.532. The molecule has 2 aromatic rings. The smallest absolute Gasteiger partial charge is 0.152 e. The van der Waals surface area contributed by atoms with Crippen LogP contribution in [0.15, 0.2) is 18.5 Å². The average molecular weight is 272 g/mol. The second kappa shape index (κ2) is 5.81. The fourth-order valence-corrected chi connectivity index (χ4v) is 3.42. The van der Waals surface area contributed by atoms with Crippen molar-refractivity contribution in [1.82, 2.24) is 14.6 Å². The molecule has 0 saturated heterocycles. The van der Waals surface area contributed by atoms with E-state index in [0.29, 0.717) is 6.04 Å². The van der Waals surface area contributed by atoms with Gasteiger partial charge in [0.1, 0.15) is 5.52 Å². The fourth-order valence-electron chi connectivity index (χ4n) is 3.42. The fraction of sp³-hybridized carbons (Fsp3) is 0.625. The molecule has 0 aromatic carbocycles. The zero-order valence-electron chi connectivity index (χ0n) is 12.5. The Morgan fingerprint density at radius 2 is 2.15 bits per heavy atom. The SMILES string of the molecule is CCC(Nc1nccn2nc(C)cc12)C1CCCCC1. The van der Waals surface area contributed by atoms with E-state index in [0.717, 1.165) is 29.4 Å².